The fourth-order valence-corrected chi connectivity index (χ4v) is 3.45. The third-order valence-corrected chi connectivity index (χ3v) is 5.23. The van der Waals surface area contributed by atoms with Crippen molar-refractivity contribution in [3.63, 3.8) is 0 Å². The molecule has 4 rings (SSSR count). The van der Waals surface area contributed by atoms with Crippen molar-refractivity contribution in [1.82, 2.24) is 0 Å². The maximum Gasteiger partial charge on any atom is 0.259 e. The molecule has 4 aromatic rings. The number of benzene rings is 4. The van der Waals surface area contributed by atoms with Crippen LogP contribution < -0.4 is 19.5 Å². The van der Waals surface area contributed by atoms with E-state index in [-0.39, 0.29) is 17.0 Å². The van der Waals surface area contributed by atoms with Crippen molar-refractivity contribution in [3.05, 3.63) is 78.4 Å². The van der Waals surface area contributed by atoms with Crippen molar-refractivity contribution < 1.29 is 24.1 Å². The SMILES string of the molecule is COc1ccc(N=Nc2c(O)c(C(=O)Nc3cc(OC)ccc3OC)cc3ccccc23)cc1. The topological polar surface area (TPSA) is 102 Å². The summed E-state index contributed by atoms with van der Waals surface area (Å²) in [5.41, 5.74) is 1.21. The van der Waals surface area contributed by atoms with Gasteiger partial charge in [0.2, 0.25) is 0 Å². The number of hydrogen-bond donors (Lipinski definition) is 2. The molecule has 0 bridgehead atoms. The van der Waals surface area contributed by atoms with Gasteiger partial charge in [0.25, 0.3) is 5.91 Å². The number of ether oxygens (including phenoxy) is 3. The van der Waals surface area contributed by atoms with Crippen LogP contribution in [0.4, 0.5) is 17.1 Å². The van der Waals surface area contributed by atoms with E-state index in [2.05, 4.69) is 15.5 Å². The molecular formula is C26H23N3O5. The predicted molar refractivity (Wildman–Crippen MR) is 130 cm³/mol. The van der Waals surface area contributed by atoms with Crippen molar-refractivity contribution in [1.29, 1.82) is 0 Å². The Balaban J connectivity index is 1.75. The maximum atomic E-state index is 13.2. The van der Waals surface area contributed by atoms with Crippen LogP contribution in [0.1, 0.15) is 10.4 Å². The summed E-state index contributed by atoms with van der Waals surface area (Å²) in [6, 6.07) is 21.0. The van der Waals surface area contributed by atoms with Gasteiger partial charge in [-0.2, -0.15) is 5.11 Å². The van der Waals surface area contributed by atoms with E-state index in [0.29, 0.717) is 34.0 Å². The fourth-order valence-electron chi connectivity index (χ4n) is 3.45. The first kappa shape index (κ1) is 22.6. The highest BCUT2D eigenvalue weighted by atomic mass is 16.5. The molecule has 0 saturated heterocycles. The smallest absolute Gasteiger partial charge is 0.259 e. The van der Waals surface area contributed by atoms with Gasteiger partial charge in [-0.25, -0.2) is 0 Å². The number of carbonyl (C=O) groups excluding carboxylic acids is 1. The third kappa shape index (κ3) is 4.61. The summed E-state index contributed by atoms with van der Waals surface area (Å²) >= 11 is 0. The summed E-state index contributed by atoms with van der Waals surface area (Å²) in [5, 5.41) is 23.7. The predicted octanol–water partition coefficient (Wildman–Crippen LogP) is 6.24. The van der Waals surface area contributed by atoms with Gasteiger partial charge in [0, 0.05) is 11.5 Å². The van der Waals surface area contributed by atoms with E-state index in [1.54, 1.807) is 55.6 Å². The molecule has 4 aromatic carbocycles. The number of phenolic OH excluding ortho intramolecular Hbond substituents is 1. The van der Waals surface area contributed by atoms with Crippen molar-refractivity contribution in [2.45, 2.75) is 0 Å². The Hall–Kier alpha value is -4.59. The zero-order valence-electron chi connectivity index (χ0n) is 18.9. The number of carbonyl (C=O) groups is 1. The number of fused-ring (bicyclic) bond motifs is 1. The zero-order valence-corrected chi connectivity index (χ0v) is 18.9. The van der Waals surface area contributed by atoms with Crippen molar-refractivity contribution in [3.8, 4) is 23.0 Å². The van der Waals surface area contributed by atoms with E-state index < -0.39 is 5.91 Å². The molecule has 0 aliphatic heterocycles. The van der Waals surface area contributed by atoms with Gasteiger partial charge in [0.1, 0.15) is 22.9 Å². The molecule has 0 saturated carbocycles. The molecule has 0 radical (unpaired) electrons. The van der Waals surface area contributed by atoms with E-state index in [1.165, 1.54) is 14.2 Å². The molecule has 8 nitrogen and oxygen atoms in total. The van der Waals surface area contributed by atoms with Crippen LogP contribution in [0, 0.1) is 0 Å². The number of anilines is 1. The normalized spacial score (nSPS) is 10.9. The number of hydrogen-bond acceptors (Lipinski definition) is 7. The molecule has 2 N–H and O–H groups in total. The van der Waals surface area contributed by atoms with Gasteiger partial charge >= 0.3 is 0 Å². The first-order valence-electron chi connectivity index (χ1n) is 10.4. The molecule has 0 spiro atoms. The van der Waals surface area contributed by atoms with Crippen LogP contribution in [0.2, 0.25) is 0 Å². The lowest BCUT2D eigenvalue weighted by molar-refractivity contribution is 0.102. The number of phenols is 1. The number of methoxy groups -OCH3 is 3. The number of aromatic hydroxyl groups is 1. The molecule has 34 heavy (non-hydrogen) atoms. The third-order valence-electron chi connectivity index (χ3n) is 5.23. The van der Waals surface area contributed by atoms with E-state index in [0.717, 1.165) is 5.39 Å². The molecule has 0 aliphatic carbocycles. The minimum Gasteiger partial charge on any atom is -0.505 e. The monoisotopic (exact) mass is 457 g/mol. The fraction of sp³-hybridized carbons (Fsp3) is 0.115. The van der Waals surface area contributed by atoms with Crippen LogP contribution in [-0.2, 0) is 0 Å². The summed E-state index contributed by atoms with van der Waals surface area (Å²) in [6.07, 6.45) is 0. The van der Waals surface area contributed by atoms with Gasteiger partial charge in [-0.3, -0.25) is 4.79 Å². The molecule has 0 unspecified atom stereocenters. The highest BCUT2D eigenvalue weighted by Crippen LogP contribution is 2.40. The summed E-state index contributed by atoms with van der Waals surface area (Å²) in [6.45, 7) is 0. The second-order valence-electron chi connectivity index (χ2n) is 7.26. The van der Waals surface area contributed by atoms with Gasteiger partial charge in [-0.05, 0) is 47.9 Å². The molecule has 0 fully saturated rings. The number of amides is 1. The average molecular weight is 457 g/mol. The van der Waals surface area contributed by atoms with Gasteiger partial charge in [0.05, 0.1) is 38.3 Å². The Morgan fingerprint density at radius 2 is 1.53 bits per heavy atom. The first-order valence-corrected chi connectivity index (χ1v) is 10.4. The number of nitrogens with one attached hydrogen (secondary N) is 1. The van der Waals surface area contributed by atoms with Gasteiger partial charge in [-0.1, -0.05) is 24.3 Å². The lowest BCUT2D eigenvalue weighted by atomic mass is 10.0. The summed E-state index contributed by atoms with van der Waals surface area (Å²) < 4.78 is 15.7. The van der Waals surface area contributed by atoms with E-state index >= 15 is 0 Å². The van der Waals surface area contributed by atoms with Gasteiger partial charge in [0.15, 0.2) is 5.75 Å². The Morgan fingerprint density at radius 1 is 0.824 bits per heavy atom. The summed E-state index contributed by atoms with van der Waals surface area (Å²) in [7, 11) is 4.61. The standard InChI is InChI=1S/C26H23N3O5/c1-32-18-10-8-17(9-11-18)28-29-24-20-7-5-4-6-16(20)14-21(25(24)30)26(31)27-22-15-19(33-2)12-13-23(22)34-3/h4-15,30H,1-3H3,(H,27,31). The molecule has 0 atom stereocenters. The summed E-state index contributed by atoms with van der Waals surface area (Å²) in [4.78, 5) is 13.2. The van der Waals surface area contributed by atoms with Crippen LogP contribution in [0.5, 0.6) is 23.0 Å². The quantitative estimate of drug-likeness (QED) is 0.320. The minimum absolute atomic E-state index is 0.0484. The Labute approximate surface area is 196 Å². The van der Waals surface area contributed by atoms with Crippen molar-refractivity contribution in [2.24, 2.45) is 10.2 Å². The lowest BCUT2D eigenvalue weighted by Gasteiger charge is -2.14. The number of nitrogens with zero attached hydrogens (tertiary/aromatic N) is 2. The van der Waals surface area contributed by atoms with Crippen LogP contribution in [0.25, 0.3) is 10.8 Å². The Bertz CT molecular complexity index is 1370. The molecule has 172 valence electrons. The average Bonchev–Trinajstić information content (AvgIpc) is 2.88. The maximum absolute atomic E-state index is 13.2. The van der Waals surface area contributed by atoms with Crippen LogP contribution >= 0.6 is 0 Å². The lowest BCUT2D eigenvalue weighted by Crippen LogP contribution is -2.13. The molecule has 1 amide bonds. The summed E-state index contributed by atoms with van der Waals surface area (Å²) in [5.74, 6) is 0.881. The van der Waals surface area contributed by atoms with Crippen LogP contribution in [-0.4, -0.2) is 32.3 Å². The zero-order chi connectivity index (χ0) is 24.1. The number of azo groups is 1. The molecule has 0 heterocycles. The highest BCUT2D eigenvalue weighted by Gasteiger charge is 2.20. The Morgan fingerprint density at radius 3 is 2.24 bits per heavy atom. The van der Waals surface area contributed by atoms with Gasteiger partial charge in [-0.15, -0.1) is 5.11 Å². The molecule has 0 aromatic heterocycles. The molecular weight excluding hydrogens is 434 g/mol. The van der Waals surface area contributed by atoms with E-state index in [9.17, 15) is 9.90 Å². The second-order valence-corrected chi connectivity index (χ2v) is 7.26. The second kappa shape index (κ2) is 9.91. The van der Waals surface area contributed by atoms with E-state index in [4.69, 9.17) is 14.2 Å². The van der Waals surface area contributed by atoms with Crippen LogP contribution in [0.15, 0.2) is 83.0 Å². The largest absolute Gasteiger partial charge is 0.505 e. The minimum atomic E-state index is -0.532. The van der Waals surface area contributed by atoms with Crippen molar-refractivity contribution >= 4 is 33.7 Å². The van der Waals surface area contributed by atoms with Crippen LogP contribution in [0.3, 0.4) is 0 Å². The first-order chi connectivity index (χ1) is 16.5. The highest BCUT2D eigenvalue weighted by molar-refractivity contribution is 6.12. The molecule has 8 heteroatoms. The van der Waals surface area contributed by atoms with Crippen molar-refractivity contribution in [2.75, 3.05) is 26.6 Å². The Kier molecular flexibility index (Phi) is 6.59. The van der Waals surface area contributed by atoms with Gasteiger partial charge < -0.3 is 24.6 Å². The number of rotatable bonds is 7. The molecule has 0 aliphatic rings. The van der Waals surface area contributed by atoms with E-state index in [1.807, 2.05) is 24.3 Å².